The van der Waals surface area contributed by atoms with E-state index in [4.69, 9.17) is 4.74 Å². The van der Waals surface area contributed by atoms with Crippen LogP contribution in [0.15, 0.2) is 30.3 Å². The van der Waals surface area contributed by atoms with Crippen LogP contribution in [0.2, 0.25) is 0 Å². The molecular formula is C19H30NO2+. The van der Waals surface area contributed by atoms with Gasteiger partial charge >= 0.3 is 5.97 Å². The second-order valence-corrected chi connectivity index (χ2v) is 7.29. The van der Waals surface area contributed by atoms with E-state index in [0.29, 0.717) is 5.92 Å². The minimum atomic E-state index is -0.143. The Morgan fingerprint density at radius 1 is 1.23 bits per heavy atom. The molecule has 1 saturated heterocycles. The number of ether oxygens (including phenoxy) is 1. The molecule has 122 valence electrons. The van der Waals surface area contributed by atoms with Gasteiger partial charge < -0.3 is 9.22 Å². The minimum absolute atomic E-state index is 0.0437. The zero-order valence-corrected chi connectivity index (χ0v) is 14.4. The number of piperidine rings is 1. The van der Waals surface area contributed by atoms with Gasteiger partial charge in [0.2, 0.25) is 0 Å². The van der Waals surface area contributed by atoms with Crippen LogP contribution in [-0.4, -0.2) is 43.7 Å². The Morgan fingerprint density at radius 3 is 2.36 bits per heavy atom. The van der Waals surface area contributed by atoms with Gasteiger partial charge in [0.1, 0.15) is 6.10 Å². The molecule has 0 aliphatic carbocycles. The molecule has 2 rings (SSSR count). The molecule has 0 N–H and O–H groups in total. The van der Waals surface area contributed by atoms with Gasteiger partial charge in [-0.3, -0.25) is 4.79 Å². The molecule has 2 atom stereocenters. The van der Waals surface area contributed by atoms with Crippen LogP contribution in [0.3, 0.4) is 0 Å². The summed E-state index contributed by atoms with van der Waals surface area (Å²) in [6.45, 7) is 6.43. The number of quaternary nitrogens is 1. The fraction of sp³-hybridized carbons (Fsp3) is 0.632. The second-order valence-electron chi connectivity index (χ2n) is 7.29. The normalized spacial score (nSPS) is 21.1. The van der Waals surface area contributed by atoms with Crippen LogP contribution in [0, 0.1) is 5.92 Å². The Balaban J connectivity index is 2.04. The highest BCUT2D eigenvalue weighted by Gasteiger charge is 2.33. The SMILES string of the molecule is CCC(C)C(C(=O)OC1CC[N+](C)(C)CC1)c1ccccc1. The van der Waals surface area contributed by atoms with Gasteiger partial charge in [0.05, 0.1) is 33.1 Å². The van der Waals surface area contributed by atoms with E-state index in [-0.39, 0.29) is 18.0 Å². The summed E-state index contributed by atoms with van der Waals surface area (Å²) >= 11 is 0. The average molecular weight is 304 g/mol. The lowest BCUT2D eigenvalue weighted by atomic mass is 9.85. The van der Waals surface area contributed by atoms with Gasteiger partial charge in [-0.15, -0.1) is 0 Å². The largest absolute Gasteiger partial charge is 0.461 e. The van der Waals surface area contributed by atoms with E-state index >= 15 is 0 Å². The van der Waals surface area contributed by atoms with E-state index in [1.54, 1.807) is 0 Å². The second kappa shape index (κ2) is 7.28. The standard InChI is InChI=1S/C19H30NO2/c1-5-15(2)18(16-9-7-6-8-10-16)19(21)22-17-11-13-20(3,4)14-12-17/h6-10,15,17-18H,5,11-14H2,1-4H3/q+1. The molecular weight excluding hydrogens is 274 g/mol. The van der Waals surface area contributed by atoms with Crippen LogP contribution in [0.5, 0.6) is 0 Å². The summed E-state index contributed by atoms with van der Waals surface area (Å²) in [4.78, 5) is 12.7. The number of hydrogen-bond donors (Lipinski definition) is 0. The van der Waals surface area contributed by atoms with Gasteiger partial charge in [0.25, 0.3) is 0 Å². The zero-order chi connectivity index (χ0) is 16.2. The van der Waals surface area contributed by atoms with Crippen molar-refractivity contribution < 1.29 is 14.0 Å². The molecule has 1 fully saturated rings. The molecule has 2 unspecified atom stereocenters. The van der Waals surface area contributed by atoms with Crippen LogP contribution in [-0.2, 0) is 9.53 Å². The van der Waals surface area contributed by atoms with Gasteiger partial charge in [-0.05, 0) is 11.5 Å². The zero-order valence-electron chi connectivity index (χ0n) is 14.4. The summed E-state index contributed by atoms with van der Waals surface area (Å²) in [7, 11) is 4.48. The smallest absolute Gasteiger partial charge is 0.313 e. The highest BCUT2D eigenvalue weighted by molar-refractivity contribution is 5.78. The fourth-order valence-electron chi connectivity index (χ4n) is 3.19. The van der Waals surface area contributed by atoms with Gasteiger partial charge in [0.15, 0.2) is 0 Å². The maximum Gasteiger partial charge on any atom is 0.313 e. The quantitative estimate of drug-likeness (QED) is 0.614. The van der Waals surface area contributed by atoms with Gasteiger partial charge in [-0.25, -0.2) is 0 Å². The van der Waals surface area contributed by atoms with Crippen LogP contribution in [0.25, 0.3) is 0 Å². The fourth-order valence-corrected chi connectivity index (χ4v) is 3.19. The first kappa shape index (κ1) is 17.0. The molecule has 0 amide bonds. The highest BCUT2D eigenvalue weighted by Crippen LogP contribution is 2.30. The summed E-state index contributed by atoms with van der Waals surface area (Å²) in [6.07, 6.45) is 3.01. The maximum atomic E-state index is 12.7. The first-order valence-corrected chi connectivity index (χ1v) is 8.50. The molecule has 1 aromatic rings. The Hall–Kier alpha value is -1.35. The topological polar surface area (TPSA) is 26.3 Å². The van der Waals surface area contributed by atoms with E-state index < -0.39 is 0 Å². The van der Waals surface area contributed by atoms with Gasteiger partial charge in [-0.1, -0.05) is 50.6 Å². The lowest BCUT2D eigenvalue weighted by molar-refractivity contribution is -0.896. The first-order valence-electron chi connectivity index (χ1n) is 8.50. The molecule has 0 spiro atoms. The summed E-state index contributed by atoms with van der Waals surface area (Å²) in [5.74, 6) is 0.110. The molecule has 1 aliphatic heterocycles. The molecule has 22 heavy (non-hydrogen) atoms. The molecule has 0 radical (unpaired) electrons. The number of hydrogen-bond acceptors (Lipinski definition) is 2. The number of esters is 1. The van der Waals surface area contributed by atoms with Crippen molar-refractivity contribution in [2.24, 2.45) is 5.92 Å². The van der Waals surface area contributed by atoms with Crippen molar-refractivity contribution >= 4 is 5.97 Å². The summed E-state index contributed by atoms with van der Waals surface area (Å²) in [5.41, 5.74) is 1.08. The van der Waals surface area contributed by atoms with E-state index in [9.17, 15) is 4.79 Å². The Bertz CT molecular complexity index is 473. The predicted molar refractivity (Wildman–Crippen MR) is 89.6 cm³/mol. The number of carbonyl (C=O) groups is 1. The number of rotatable bonds is 5. The summed E-state index contributed by atoms with van der Waals surface area (Å²) in [5, 5.41) is 0. The molecule has 0 bridgehead atoms. The Labute approximate surface area is 134 Å². The molecule has 1 heterocycles. The molecule has 0 saturated carbocycles. The predicted octanol–water partition coefficient (Wildman–Crippen LogP) is 3.60. The Kier molecular flexibility index (Phi) is 5.63. The number of likely N-dealkylation sites (tertiary alicyclic amines) is 1. The van der Waals surface area contributed by atoms with Crippen molar-refractivity contribution in [2.45, 2.75) is 45.1 Å². The van der Waals surface area contributed by atoms with Crippen LogP contribution < -0.4 is 0 Å². The van der Waals surface area contributed by atoms with Crippen LogP contribution >= 0.6 is 0 Å². The van der Waals surface area contributed by atoms with E-state index in [0.717, 1.165) is 42.4 Å². The summed E-state index contributed by atoms with van der Waals surface area (Å²) < 4.78 is 6.90. The first-order chi connectivity index (χ1) is 10.4. The molecule has 1 aliphatic rings. The van der Waals surface area contributed by atoms with Crippen LogP contribution in [0.4, 0.5) is 0 Å². The number of carbonyl (C=O) groups excluding carboxylic acids is 1. The van der Waals surface area contributed by atoms with Crippen molar-refractivity contribution in [2.75, 3.05) is 27.2 Å². The lowest BCUT2D eigenvalue weighted by Crippen LogP contribution is -2.48. The molecule has 1 aromatic carbocycles. The van der Waals surface area contributed by atoms with E-state index in [1.807, 2.05) is 30.3 Å². The molecule has 0 aromatic heterocycles. The monoisotopic (exact) mass is 304 g/mol. The third-order valence-electron chi connectivity index (χ3n) is 5.02. The van der Waals surface area contributed by atoms with Gasteiger partial charge in [0, 0.05) is 12.8 Å². The van der Waals surface area contributed by atoms with Gasteiger partial charge in [-0.2, -0.15) is 0 Å². The van der Waals surface area contributed by atoms with Crippen LogP contribution in [0.1, 0.15) is 44.6 Å². The minimum Gasteiger partial charge on any atom is -0.461 e. The van der Waals surface area contributed by atoms with Crippen molar-refractivity contribution in [1.29, 1.82) is 0 Å². The molecule has 3 heteroatoms. The number of nitrogens with zero attached hydrogens (tertiary/aromatic N) is 1. The third kappa shape index (κ3) is 4.33. The summed E-state index contributed by atoms with van der Waals surface area (Å²) in [6, 6.07) is 10.1. The van der Waals surface area contributed by atoms with Crippen molar-refractivity contribution in [3.63, 3.8) is 0 Å². The third-order valence-corrected chi connectivity index (χ3v) is 5.02. The van der Waals surface area contributed by atoms with E-state index in [1.165, 1.54) is 0 Å². The average Bonchev–Trinajstić information content (AvgIpc) is 2.50. The van der Waals surface area contributed by atoms with E-state index in [2.05, 4.69) is 27.9 Å². The highest BCUT2D eigenvalue weighted by atomic mass is 16.5. The lowest BCUT2D eigenvalue weighted by Gasteiger charge is -2.37. The van der Waals surface area contributed by atoms with Crippen molar-refractivity contribution in [3.8, 4) is 0 Å². The van der Waals surface area contributed by atoms with Crippen molar-refractivity contribution in [1.82, 2.24) is 0 Å². The maximum absolute atomic E-state index is 12.7. The Morgan fingerprint density at radius 2 is 1.82 bits per heavy atom. The number of benzene rings is 1. The van der Waals surface area contributed by atoms with Crippen molar-refractivity contribution in [3.05, 3.63) is 35.9 Å². The molecule has 3 nitrogen and oxygen atoms in total.